The lowest BCUT2D eigenvalue weighted by atomic mass is 10.0. The summed E-state index contributed by atoms with van der Waals surface area (Å²) in [5, 5.41) is 10.6. The molecule has 0 fully saturated rings. The second kappa shape index (κ2) is 9.26. The normalized spacial score (nSPS) is 9.42. The van der Waals surface area contributed by atoms with Gasteiger partial charge in [0.2, 0.25) is 0 Å². The minimum absolute atomic E-state index is 0.0930. The molecule has 2 rings (SSSR count). The molecule has 0 aromatic heterocycles. The number of rotatable bonds is 5. The molecule has 0 bridgehead atoms. The van der Waals surface area contributed by atoms with Crippen LogP contribution >= 0.6 is 0 Å². The van der Waals surface area contributed by atoms with Crippen molar-refractivity contribution in [2.24, 2.45) is 0 Å². The maximum absolute atomic E-state index is 10.6. The second-order valence-corrected chi connectivity index (χ2v) is 4.98. The molecule has 0 heterocycles. The molecule has 9 heteroatoms. The molecule has 0 aliphatic carbocycles. The molecule has 0 saturated carbocycles. The van der Waals surface area contributed by atoms with Crippen LogP contribution in [0.3, 0.4) is 0 Å². The fourth-order valence-corrected chi connectivity index (χ4v) is 1.95. The molecule has 0 aliphatic rings. The topological polar surface area (TPSA) is 120 Å². The van der Waals surface area contributed by atoms with Gasteiger partial charge < -0.3 is 9.47 Å². The Morgan fingerprint density at radius 3 is 2.12 bits per heavy atom. The van der Waals surface area contributed by atoms with Gasteiger partial charge >= 0.3 is 10.5 Å². The minimum Gasteiger partial charge on any atom is -0.497 e. The zero-order valence-electron chi connectivity index (χ0n) is 13.1. The molecule has 0 aliphatic heterocycles. The average Bonchev–Trinajstić information content (AvgIpc) is 2.55. The molecule has 1 N–H and O–H groups in total. The molecule has 8 nitrogen and oxygen atoms in total. The Bertz CT molecular complexity index is 797. The van der Waals surface area contributed by atoms with Crippen molar-refractivity contribution in [2.45, 2.75) is 6.42 Å². The molecular formula is C15H16N2O6S. The van der Waals surface area contributed by atoms with Crippen LogP contribution in [-0.4, -0.2) is 27.6 Å². The fraction of sp³-hybridized carbons (Fsp3) is 0.200. The Morgan fingerprint density at radius 1 is 1.08 bits per heavy atom. The molecule has 0 spiro atoms. The van der Waals surface area contributed by atoms with Crippen LogP contribution in [0.5, 0.6) is 11.5 Å². The summed E-state index contributed by atoms with van der Waals surface area (Å²) in [5.41, 5.74) is 2.08. The first-order chi connectivity index (χ1) is 11.4. The number of nitrogens with zero attached hydrogens (tertiary/aromatic N) is 1. The predicted octanol–water partition coefficient (Wildman–Crippen LogP) is 2.83. The standard InChI is InChI=1S/C15H15NO4.HNO2S/c1-19-14-8-5-12(15(10-14)20-2)9-11-3-6-13(7-4-11)16(17)18;1-4(2)3/h3-8,10H,9H2,1-2H3;1H. The number of nitro benzene ring substituents is 1. The highest BCUT2D eigenvalue weighted by molar-refractivity contribution is 7.60. The van der Waals surface area contributed by atoms with E-state index >= 15 is 0 Å². The zero-order valence-corrected chi connectivity index (χ0v) is 13.9. The first-order valence-electron chi connectivity index (χ1n) is 6.62. The third-order valence-electron chi connectivity index (χ3n) is 3.04. The van der Waals surface area contributed by atoms with Crippen molar-refractivity contribution in [1.82, 2.24) is 0 Å². The van der Waals surface area contributed by atoms with Gasteiger partial charge in [0.05, 0.1) is 19.1 Å². The molecule has 2 aromatic rings. The molecule has 2 aromatic carbocycles. The summed E-state index contributed by atoms with van der Waals surface area (Å²) in [6.07, 6.45) is 0.644. The van der Waals surface area contributed by atoms with E-state index in [4.69, 9.17) is 22.7 Å². The van der Waals surface area contributed by atoms with Crippen LogP contribution in [0.25, 0.3) is 0 Å². The van der Waals surface area contributed by atoms with E-state index in [0.29, 0.717) is 6.42 Å². The molecular weight excluding hydrogens is 336 g/mol. The lowest BCUT2D eigenvalue weighted by Gasteiger charge is -2.10. The van der Waals surface area contributed by atoms with E-state index in [1.807, 2.05) is 18.2 Å². The number of nitro groups is 1. The van der Waals surface area contributed by atoms with Crippen molar-refractivity contribution >= 4 is 16.2 Å². The van der Waals surface area contributed by atoms with E-state index in [1.54, 1.807) is 26.4 Å². The number of ether oxygens (including phenoxy) is 2. The zero-order chi connectivity index (χ0) is 18.1. The van der Waals surface area contributed by atoms with E-state index in [0.717, 1.165) is 22.6 Å². The summed E-state index contributed by atoms with van der Waals surface area (Å²) in [6.45, 7) is 0. The number of non-ortho nitro benzene ring substituents is 1. The Kier molecular flexibility index (Phi) is 7.37. The highest BCUT2D eigenvalue weighted by atomic mass is 32.2. The predicted molar refractivity (Wildman–Crippen MR) is 87.1 cm³/mol. The maximum atomic E-state index is 10.6. The van der Waals surface area contributed by atoms with Crippen molar-refractivity contribution in [2.75, 3.05) is 14.2 Å². The third kappa shape index (κ3) is 6.05. The Hall–Kier alpha value is -2.94. The molecule has 0 radical (unpaired) electrons. The third-order valence-corrected chi connectivity index (χ3v) is 3.04. The smallest absolute Gasteiger partial charge is 0.308 e. The maximum Gasteiger partial charge on any atom is 0.308 e. The van der Waals surface area contributed by atoms with Gasteiger partial charge in [0.1, 0.15) is 11.5 Å². The van der Waals surface area contributed by atoms with Crippen LogP contribution in [0.1, 0.15) is 11.1 Å². The molecule has 0 unspecified atom stereocenters. The van der Waals surface area contributed by atoms with Crippen molar-refractivity contribution in [1.29, 1.82) is 4.78 Å². The van der Waals surface area contributed by atoms with Crippen LogP contribution in [0.4, 0.5) is 5.69 Å². The van der Waals surface area contributed by atoms with Crippen molar-refractivity contribution in [3.63, 3.8) is 0 Å². The van der Waals surface area contributed by atoms with Gasteiger partial charge in [-0.25, -0.2) is 0 Å². The van der Waals surface area contributed by atoms with Crippen LogP contribution < -0.4 is 9.47 Å². The monoisotopic (exact) mass is 352 g/mol. The number of nitrogens with one attached hydrogen (secondary N) is 1. The van der Waals surface area contributed by atoms with Gasteiger partial charge in [-0.2, -0.15) is 13.2 Å². The van der Waals surface area contributed by atoms with E-state index < -0.39 is 15.4 Å². The van der Waals surface area contributed by atoms with Gasteiger partial charge in [-0.15, -0.1) is 0 Å². The fourth-order valence-electron chi connectivity index (χ4n) is 1.95. The quantitative estimate of drug-likeness (QED) is 0.652. The van der Waals surface area contributed by atoms with Crippen LogP contribution in [-0.2, 0) is 16.9 Å². The molecule has 128 valence electrons. The van der Waals surface area contributed by atoms with Crippen LogP contribution in [0, 0.1) is 14.9 Å². The van der Waals surface area contributed by atoms with E-state index in [1.165, 1.54) is 12.1 Å². The van der Waals surface area contributed by atoms with E-state index in [9.17, 15) is 10.1 Å². The highest BCUT2D eigenvalue weighted by Crippen LogP contribution is 2.27. The first-order valence-corrected chi connectivity index (χ1v) is 7.69. The van der Waals surface area contributed by atoms with Gasteiger partial charge in [0.25, 0.3) is 5.69 Å². The van der Waals surface area contributed by atoms with Gasteiger partial charge in [0.15, 0.2) is 0 Å². The van der Waals surface area contributed by atoms with Crippen molar-refractivity contribution in [3.05, 3.63) is 63.7 Å². The summed E-state index contributed by atoms with van der Waals surface area (Å²) in [7, 11) is 0.596. The largest absolute Gasteiger partial charge is 0.497 e. The lowest BCUT2D eigenvalue weighted by molar-refractivity contribution is -0.384. The van der Waals surface area contributed by atoms with Crippen LogP contribution in [0.2, 0.25) is 0 Å². The van der Waals surface area contributed by atoms with Gasteiger partial charge in [-0.05, 0) is 17.2 Å². The Morgan fingerprint density at radius 2 is 1.67 bits per heavy atom. The summed E-state index contributed by atoms with van der Waals surface area (Å²) in [4.78, 5) is 10.2. The summed E-state index contributed by atoms with van der Waals surface area (Å²) >= 11 is 0. The molecule has 0 saturated heterocycles. The van der Waals surface area contributed by atoms with Crippen molar-refractivity contribution in [3.8, 4) is 11.5 Å². The number of hydrogen-bond donors (Lipinski definition) is 1. The highest BCUT2D eigenvalue weighted by Gasteiger charge is 2.08. The van der Waals surface area contributed by atoms with E-state index in [-0.39, 0.29) is 5.69 Å². The lowest BCUT2D eigenvalue weighted by Crippen LogP contribution is -1.95. The van der Waals surface area contributed by atoms with Crippen molar-refractivity contribution < 1.29 is 22.8 Å². The average molecular weight is 352 g/mol. The van der Waals surface area contributed by atoms with Gasteiger partial charge in [0, 0.05) is 24.6 Å². The number of benzene rings is 2. The first kappa shape index (κ1) is 19.1. The molecule has 24 heavy (non-hydrogen) atoms. The SMILES string of the molecule is COc1ccc(Cc2ccc([N+](=O)[O-])cc2)c(OC)c1.N=S(=O)=O. The van der Waals surface area contributed by atoms with E-state index in [2.05, 4.69) is 0 Å². The number of hydrogen-bond acceptors (Lipinski definition) is 7. The Labute approximate surface area is 140 Å². The van der Waals surface area contributed by atoms with Crippen LogP contribution in [0.15, 0.2) is 42.5 Å². The summed E-state index contributed by atoms with van der Waals surface area (Å²) < 4.78 is 33.3. The second-order valence-electron chi connectivity index (χ2n) is 4.51. The summed E-state index contributed by atoms with van der Waals surface area (Å²) in [6, 6.07) is 12.1. The molecule has 0 amide bonds. The van der Waals surface area contributed by atoms with Gasteiger partial charge in [-0.3, -0.25) is 10.1 Å². The summed E-state index contributed by atoms with van der Waals surface area (Å²) in [5.74, 6) is 1.47. The van der Waals surface area contributed by atoms with Gasteiger partial charge in [-0.1, -0.05) is 18.2 Å². The molecule has 0 atom stereocenters. The Balaban J connectivity index is 0.000000648. The minimum atomic E-state index is -2.61. The number of methoxy groups -OCH3 is 2.